The van der Waals surface area contributed by atoms with Crippen LogP contribution in [0.2, 0.25) is 0 Å². The van der Waals surface area contributed by atoms with E-state index in [4.69, 9.17) is 0 Å². The third kappa shape index (κ3) is 6.67. The van der Waals surface area contributed by atoms with Gasteiger partial charge in [0.2, 0.25) is 15.9 Å². The van der Waals surface area contributed by atoms with Gasteiger partial charge in [0.15, 0.2) is 0 Å². The van der Waals surface area contributed by atoms with Gasteiger partial charge in [-0.15, -0.1) is 0 Å². The van der Waals surface area contributed by atoms with Crippen molar-refractivity contribution in [1.29, 1.82) is 0 Å². The Kier molecular flexibility index (Phi) is 7.37. The SMILES string of the molecule is COC(=O)c1ccc(NC(=O)CN(CCC(C)C)S(C)(=O)=O)cc1. The van der Waals surface area contributed by atoms with E-state index in [2.05, 4.69) is 10.1 Å². The zero-order chi connectivity index (χ0) is 18.3. The molecule has 1 amide bonds. The fourth-order valence-corrected chi connectivity index (χ4v) is 2.72. The number of carbonyl (C=O) groups is 2. The number of hydrogen-bond acceptors (Lipinski definition) is 5. The van der Waals surface area contributed by atoms with Crippen LogP contribution in [-0.2, 0) is 19.6 Å². The van der Waals surface area contributed by atoms with Gasteiger partial charge < -0.3 is 10.1 Å². The number of carbonyl (C=O) groups excluding carboxylic acids is 2. The minimum atomic E-state index is -3.46. The van der Waals surface area contributed by atoms with E-state index in [-0.39, 0.29) is 6.54 Å². The smallest absolute Gasteiger partial charge is 0.337 e. The Labute approximate surface area is 143 Å². The van der Waals surface area contributed by atoms with Crippen molar-refractivity contribution in [3.8, 4) is 0 Å². The standard InChI is InChI=1S/C16H24N2O5S/c1-12(2)9-10-18(24(4,21)22)11-15(19)17-14-7-5-13(6-8-14)16(20)23-3/h5-8,12H,9-11H2,1-4H3,(H,17,19). The lowest BCUT2D eigenvalue weighted by Crippen LogP contribution is -2.38. The summed E-state index contributed by atoms with van der Waals surface area (Å²) >= 11 is 0. The van der Waals surface area contributed by atoms with Crippen LogP contribution >= 0.6 is 0 Å². The zero-order valence-electron chi connectivity index (χ0n) is 14.4. The number of esters is 1. The molecule has 0 atom stereocenters. The van der Waals surface area contributed by atoms with Gasteiger partial charge >= 0.3 is 5.97 Å². The van der Waals surface area contributed by atoms with Crippen LogP contribution in [0.25, 0.3) is 0 Å². The van der Waals surface area contributed by atoms with E-state index in [1.54, 1.807) is 12.1 Å². The first-order valence-corrected chi connectivity index (χ1v) is 9.41. The van der Waals surface area contributed by atoms with E-state index < -0.39 is 21.9 Å². The first-order chi connectivity index (χ1) is 11.1. The van der Waals surface area contributed by atoms with Crippen LogP contribution in [0.5, 0.6) is 0 Å². The van der Waals surface area contributed by atoms with E-state index in [1.807, 2.05) is 13.8 Å². The third-order valence-electron chi connectivity index (χ3n) is 3.33. The van der Waals surface area contributed by atoms with E-state index in [0.29, 0.717) is 30.1 Å². The Morgan fingerprint density at radius 2 is 1.79 bits per heavy atom. The van der Waals surface area contributed by atoms with Crippen LogP contribution in [0.1, 0.15) is 30.6 Å². The molecule has 0 aliphatic heterocycles. The van der Waals surface area contributed by atoms with Gasteiger partial charge in [0.25, 0.3) is 0 Å². The number of nitrogens with one attached hydrogen (secondary N) is 1. The molecule has 24 heavy (non-hydrogen) atoms. The molecule has 0 fully saturated rings. The number of rotatable bonds is 8. The highest BCUT2D eigenvalue weighted by Gasteiger charge is 2.20. The topological polar surface area (TPSA) is 92.8 Å². The average Bonchev–Trinajstić information content (AvgIpc) is 2.50. The van der Waals surface area contributed by atoms with Crippen molar-refractivity contribution < 1.29 is 22.7 Å². The molecule has 1 rings (SSSR count). The Hall–Kier alpha value is -1.93. The normalized spacial score (nSPS) is 11.6. The lowest BCUT2D eigenvalue weighted by atomic mass is 10.1. The van der Waals surface area contributed by atoms with E-state index in [0.717, 1.165) is 10.6 Å². The molecule has 0 unspecified atom stereocenters. The van der Waals surface area contributed by atoms with Gasteiger partial charge in [-0.1, -0.05) is 13.8 Å². The second-order valence-electron chi connectivity index (χ2n) is 5.90. The van der Waals surface area contributed by atoms with Crippen molar-refractivity contribution in [3.05, 3.63) is 29.8 Å². The maximum atomic E-state index is 12.1. The highest BCUT2D eigenvalue weighted by molar-refractivity contribution is 7.88. The van der Waals surface area contributed by atoms with E-state index >= 15 is 0 Å². The van der Waals surface area contributed by atoms with Crippen LogP contribution in [0.3, 0.4) is 0 Å². The Morgan fingerprint density at radius 1 is 1.21 bits per heavy atom. The van der Waals surface area contributed by atoms with Crippen LogP contribution in [-0.4, -0.2) is 51.1 Å². The first-order valence-electron chi connectivity index (χ1n) is 7.57. The van der Waals surface area contributed by atoms with Crippen LogP contribution < -0.4 is 5.32 Å². The molecule has 1 N–H and O–H groups in total. The second-order valence-corrected chi connectivity index (χ2v) is 7.88. The largest absolute Gasteiger partial charge is 0.465 e. The Bertz CT molecular complexity index is 668. The summed E-state index contributed by atoms with van der Waals surface area (Å²) in [6.45, 7) is 4.03. The number of benzene rings is 1. The number of hydrogen-bond donors (Lipinski definition) is 1. The van der Waals surface area contributed by atoms with Gasteiger partial charge in [0, 0.05) is 12.2 Å². The van der Waals surface area contributed by atoms with Crippen molar-refractivity contribution in [3.63, 3.8) is 0 Å². The van der Waals surface area contributed by atoms with Crippen molar-refractivity contribution in [2.24, 2.45) is 5.92 Å². The summed E-state index contributed by atoms with van der Waals surface area (Å²) in [5.74, 6) is -0.567. The number of sulfonamides is 1. The minimum Gasteiger partial charge on any atom is -0.465 e. The van der Waals surface area contributed by atoms with Gasteiger partial charge in [-0.2, -0.15) is 4.31 Å². The molecule has 1 aromatic rings. The molecule has 134 valence electrons. The molecule has 0 radical (unpaired) electrons. The average molecular weight is 356 g/mol. The molecular weight excluding hydrogens is 332 g/mol. The minimum absolute atomic E-state index is 0.246. The fourth-order valence-electron chi connectivity index (χ4n) is 1.93. The molecule has 1 aromatic carbocycles. The number of ether oxygens (including phenoxy) is 1. The molecular formula is C16H24N2O5S. The Balaban J connectivity index is 2.70. The van der Waals surface area contributed by atoms with E-state index in [9.17, 15) is 18.0 Å². The fraction of sp³-hybridized carbons (Fsp3) is 0.500. The highest BCUT2D eigenvalue weighted by Crippen LogP contribution is 2.11. The summed E-state index contributed by atoms with van der Waals surface area (Å²) in [5.41, 5.74) is 0.843. The van der Waals surface area contributed by atoms with Gasteiger partial charge in [0.1, 0.15) is 0 Å². The monoisotopic (exact) mass is 356 g/mol. The lowest BCUT2D eigenvalue weighted by Gasteiger charge is -2.20. The summed E-state index contributed by atoms with van der Waals surface area (Å²) in [7, 11) is -2.17. The van der Waals surface area contributed by atoms with Crippen molar-refractivity contribution in [2.45, 2.75) is 20.3 Å². The van der Waals surface area contributed by atoms with Gasteiger partial charge in [0.05, 0.1) is 25.5 Å². The number of nitrogens with zero attached hydrogens (tertiary/aromatic N) is 1. The molecule has 0 saturated heterocycles. The molecule has 0 aromatic heterocycles. The van der Waals surface area contributed by atoms with Crippen molar-refractivity contribution in [1.82, 2.24) is 4.31 Å². The summed E-state index contributed by atoms with van der Waals surface area (Å²) in [5, 5.41) is 2.62. The summed E-state index contributed by atoms with van der Waals surface area (Å²) in [6.07, 6.45) is 1.76. The van der Waals surface area contributed by atoms with Crippen molar-refractivity contribution in [2.75, 3.05) is 31.8 Å². The van der Waals surface area contributed by atoms with Crippen LogP contribution in [0, 0.1) is 5.92 Å². The molecule has 0 bridgehead atoms. The molecule has 8 heteroatoms. The maximum absolute atomic E-state index is 12.1. The molecule has 0 heterocycles. The predicted molar refractivity (Wildman–Crippen MR) is 92.3 cm³/mol. The predicted octanol–water partition coefficient (Wildman–Crippen LogP) is 1.72. The number of amides is 1. The molecule has 0 aliphatic rings. The quantitative estimate of drug-likeness (QED) is 0.716. The number of anilines is 1. The maximum Gasteiger partial charge on any atom is 0.337 e. The summed E-state index contributed by atoms with van der Waals surface area (Å²) in [4.78, 5) is 23.4. The molecule has 0 aliphatic carbocycles. The van der Waals surface area contributed by atoms with Crippen molar-refractivity contribution >= 4 is 27.6 Å². The summed E-state index contributed by atoms with van der Waals surface area (Å²) in [6, 6.07) is 6.16. The van der Waals surface area contributed by atoms with Gasteiger partial charge in [-0.25, -0.2) is 13.2 Å². The first kappa shape index (κ1) is 20.1. The lowest BCUT2D eigenvalue weighted by molar-refractivity contribution is -0.116. The highest BCUT2D eigenvalue weighted by atomic mass is 32.2. The molecule has 0 spiro atoms. The molecule has 0 saturated carbocycles. The van der Waals surface area contributed by atoms with Gasteiger partial charge in [-0.3, -0.25) is 4.79 Å². The zero-order valence-corrected chi connectivity index (χ0v) is 15.2. The second kappa shape index (κ2) is 8.79. The number of methoxy groups -OCH3 is 1. The van der Waals surface area contributed by atoms with E-state index in [1.165, 1.54) is 19.2 Å². The molecule has 7 nitrogen and oxygen atoms in total. The van der Waals surface area contributed by atoms with Gasteiger partial charge in [-0.05, 0) is 36.6 Å². The Morgan fingerprint density at radius 3 is 2.25 bits per heavy atom. The third-order valence-corrected chi connectivity index (χ3v) is 4.58. The van der Waals surface area contributed by atoms with Crippen LogP contribution in [0.15, 0.2) is 24.3 Å². The van der Waals surface area contributed by atoms with Crippen LogP contribution in [0.4, 0.5) is 5.69 Å². The summed E-state index contributed by atoms with van der Waals surface area (Å²) < 4.78 is 29.3.